The largest absolute Gasteiger partial charge is 0.353 e. The van der Waals surface area contributed by atoms with Crippen LogP contribution in [0.5, 0.6) is 0 Å². The van der Waals surface area contributed by atoms with Crippen LogP contribution in [0.25, 0.3) is 27.8 Å². The molecule has 0 amide bonds. The Morgan fingerprint density at radius 3 is 2.32 bits per heavy atom. The molecule has 1 aliphatic heterocycles. The van der Waals surface area contributed by atoms with E-state index in [2.05, 4.69) is 145 Å². The van der Waals surface area contributed by atoms with Gasteiger partial charge in [-0.15, -0.1) is 0 Å². The van der Waals surface area contributed by atoms with Crippen molar-refractivity contribution in [1.82, 2.24) is 0 Å². The highest BCUT2D eigenvalue weighted by atomic mass is 15.2. The minimum Gasteiger partial charge on any atom is -0.353 e. The molecule has 2 aliphatic carbocycles. The molecule has 5 aromatic carbocycles. The molecule has 3 atom stereocenters. The predicted octanol–water partition coefficient (Wildman–Crippen LogP) is 11.6. The van der Waals surface area contributed by atoms with Crippen molar-refractivity contribution >= 4 is 28.3 Å². The molecule has 0 spiro atoms. The Bertz CT molecular complexity index is 2340. The zero-order valence-corrected chi connectivity index (χ0v) is 28.1. The first-order chi connectivity index (χ1) is 24.5. The summed E-state index contributed by atoms with van der Waals surface area (Å²) in [5, 5.41) is 24.1. The van der Waals surface area contributed by atoms with E-state index >= 15 is 0 Å². The predicted molar refractivity (Wildman–Crippen MR) is 205 cm³/mol. The lowest BCUT2D eigenvalue weighted by atomic mass is 9.83. The highest BCUT2D eigenvalue weighted by Gasteiger charge is 2.36. The molecule has 8 rings (SSSR count). The van der Waals surface area contributed by atoms with Crippen molar-refractivity contribution < 1.29 is 0 Å². The number of fused-ring (bicyclic) bond motifs is 3. The number of allylic oxidation sites excluding steroid dienone is 6. The van der Waals surface area contributed by atoms with Crippen LogP contribution in [-0.2, 0) is 0 Å². The monoisotopic (exact) mass is 644 g/mol. The number of hydrogen-bond acceptors (Lipinski definition) is 4. The molecule has 5 aromatic rings. The standard InChI is InChI=1S/C46H36N4/c1-30-11-9-12-31(2)45(30)41-16-3-6-18-42(41)49-46-34(29-48)13-10-17-38(46)36-26-32(28-47)25-35(27-36)33-21-23-37(24-22-33)50-43-19-7-4-14-39(43)40-15-5-8-20-44(40)50/h3-11,13-27,31,39,43,49H,12H2,1-2H3/t31?,39?,43-/m0/s1. The molecule has 0 fully saturated rings. The van der Waals surface area contributed by atoms with E-state index in [9.17, 15) is 10.5 Å². The lowest BCUT2D eigenvalue weighted by Crippen LogP contribution is -2.28. The van der Waals surface area contributed by atoms with Crippen molar-refractivity contribution in [2.45, 2.75) is 32.2 Å². The topological polar surface area (TPSA) is 62.9 Å². The SMILES string of the molecule is CC1=C(c2ccccc2Nc2c(C#N)cccc2-c2cc(C#N)cc(-c3ccc(N4c5ccccc5C5C=CC=C[C@@H]54)cc3)c2)C(C)CC=C1. The summed E-state index contributed by atoms with van der Waals surface area (Å²) in [7, 11) is 0. The van der Waals surface area contributed by atoms with E-state index in [0.717, 1.165) is 51.3 Å². The van der Waals surface area contributed by atoms with Crippen molar-refractivity contribution in [3.63, 3.8) is 0 Å². The van der Waals surface area contributed by atoms with E-state index in [1.807, 2.05) is 36.4 Å². The maximum atomic E-state index is 10.3. The summed E-state index contributed by atoms with van der Waals surface area (Å²) < 4.78 is 0. The van der Waals surface area contributed by atoms with Gasteiger partial charge < -0.3 is 10.2 Å². The van der Waals surface area contributed by atoms with Gasteiger partial charge in [-0.05, 0) is 101 Å². The molecule has 2 unspecified atom stereocenters. The third-order valence-corrected chi connectivity index (χ3v) is 10.2. The fourth-order valence-electron chi connectivity index (χ4n) is 7.92. The molecule has 240 valence electrons. The van der Waals surface area contributed by atoms with Crippen LogP contribution in [0.4, 0.5) is 22.7 Å². The van der Waals surface area contributed by atoms with E-state index in [0.29, 0.717) is 23.0 Å². The summed E-state index contributed by atoms with van der Waals surface area (Å²) in [5.74, 6) is 0.709. The van der Waals surface area contributed by atoms with Gasteiger partial charge in [0.05, 0.1) is 28.9 Å². The molecule has 1 heterocycles. The average molecular weight is 645 g/mol. The lowest BCUT2D eigenvalue weighted by Gasteiger charge is -2.28. The van der Waals surface area contributed by atoms with Crippen LogP contribution in [0.3, 0.4) is 0 Å². The summed E-state index contributed by atoms with van der Waals surface area (Å²) in [6.45, 7) is 4.43. The number of nitrogens with one attached hydrogen (secondary N) is 1. The lowest BCUT2D eigenvalue weighted by molar-refractivity contribution is 0.745. The number of rotatable bonds is 6. The molecule has 1 N–H and O–H groups in total. The van der Waals surface area contributed by atoms with E-state index in [1.165, 1.54) is 22.4 Å². The molecule has 0 saturated carbocycles. The minimum absolute atomic E-state index is 0.234. The van der Waals surface area contributed by atoms with Crippen molar-refractivity contribution in [2.75, 3.05) is 10.2 Å². The van der Waals surface area contributed by atoms with Gasteiger partial charge in [0.2, 0.25) is 0 Å². The van der Waals surface area contributed by atoms with Gasteiger partial charge in [0, 0.05) is 34.1 Å². The van der Waals surface area contributed by atoms with Crippen molar-refractivity contribution in [3.05, 3.63) is 173 Å². The summed E-state index contributed by atoms with van der Waals surface area (Å²) in [5.41, 5.74) is 13.9. The third kappa shape index (κ3) is 5.42. The maximum absolute atomic E-state index is 10.3. The van der Waals surface area contributed by atoms with Crippen molar-refractivity contribution in [1.29, 1.82) is 10.5 Å². The van der Waals surface area contributed by atoms with Gasteiger partial charge in [0.25, 0.3) is 0 Å². The number of hydrogen-bond donors (Lipinski definition) is 1. The smallest absolute Gasteiger partial charge is 0.101 e. The fraction of sp³-hybridized carbons (Fsp3) is 0.130. The van der Waals surface area contributed by atoms with Gasteiger partial charge in [-0.3, -0.25) is 0 Å². The van der Waals surface area contributed by atoms with Crippen LogP contribution in [0.1, 0.15) is 48.4 Å². The molecular formula is C46H36N4. The van der Waals surface area contributed by atoms with Gasteiger partial charge in [0.15, 0.2) is 0 Å². The summed E-state index contributed by atoms with van der Waals surface area (Å²) >= 11 is 0. The van der Waals surface area contributed by atoms with Crippen LogP contribution >= 0.6 is 0 Å². The Morgan fingerprint density at radius 2 is 1.50 bits per heavy atom. The van der Waals surface area contributed by atoms with Crippen molar-refractivity contribution in [2.24, 2.45) is 5.92 Å². The van der Waals surface area contributed by atoms with E-state index in [-0.39, 0.29) is 6.04 Å². The number of nitriles is 2. The normalized spacial score (nSPS) is 18.7. The molecular weight excluding hydrogens is 609 g/mol. The Morgan fingerprint density at radius 1 is 0.740 bits per heavy atom. The number of nitrogens with zero attached hydrogens (tertiary/aromatic N) is 3. The van der Waals surface area contributed by atoms with Crippen LogP contribution in [0, 0.1) is 28.6 Å². The van der Waals surface area contributed by atoms with Crippen LogP contribution < -0.4 is 10.2 Å². The second-order valence-electron chi connectivity index (χ2n) is 13.3. The molecule has 50 heavy (non-hydrogen) atoms. The quantitative estimate of drug-likeness (QED) is 0.200. The van der Waals surface area contributed by atoms with Crippen molar-refractivity contribution in [3.8, 4) is 34.4 Å². The zero-order chi connectivity index (χ0) is 34.2. The number of benzene rings is 5. The fourth-order valence-corrected chi connectivity index (χ4v) is 7.92. The Balaban J connectivity index is 1.18. The first-order valence-electron chi connectivity index (χ1n) is 17.2. The second kappa shape index (κ2) is 12.9. The van der Waals surface area contributed by atoms with E-state index in [4.69, 9.17) is 0 Å². The molecule has 4 nitrogen and oxygen atoms in total. The number of anilines is 4. The van der Waals surface area contributed by atoms with Gasteiger partial charge in [-0.25, -0.2) is 0 Å². The van der Waals surface area contributed by atoms with E-state index in [1.54, 1.807) is 0 Å². The Hall–Kier alpha value is -6.36. The molecule has 0 bridgehead atoms. The highest BCUT2D eigenvalue weighted by molar-refractivity contribution is 5.91. The van der Waals surface area contributed by atoms with Crippen LogP contribution in [0.15, 0.2) is 151 Å². The summed E-state index contributed by atoms with van der Waals surface area (Å²) in [6, 6.07) is 42.4. The van der Waals surface area contributed by atoms with Gasteiger partial charge >= 0.3 is 0 Å². The molecule has 3 aliphatic rings. The summed E-state index contributed by atoms with van der Waals surface area (Å²) in [6.07, 6.45) is 14.3. The molecule has 0 aromatic heterocycles. The molecule has 0 radical (unpaired) electrons. The average Bonchev–Trinajstić information content (AvgIpc) is 3.50. The first kappa shape index (κ1) is 30.9. The summed E-state index contributed by atoms with van der Waals surface area (Å²) in [4.78, 5) is 2.42. The maximum Gasteiger partial charge on any atom is 0.101 e. The van der Waals surface area contributed by atoms with Crippen LogP contribution in [-0.4, -0.2) is 6.04 Å². The first-order valence-corrected chi connectivity index (χ1v) is 17.2. The van der Waals surface area contributed by atoms with Gasteiger partial charge in [-0.2, -0.15) is 10.5 Å². The van der Waals surface area contributed by atoms with Crippen LogP contribution in [0.2, 0.25) is 0 Å². The zero-order valence-electron chi connectivity index (χ0n) is 28.1. The highest BCUT2D eigenvalue weighted by Crippen LogP contribution is 2.48. The third-order valence-electron chi connectivity index (χ3n) is 10.2. The van der Waals surface area contributed by atoms with Gasteiger partial charge in [-0.1, -0.05) is 104 Å². The van der Waals surface area contributed by atoms with E-state index < -0.39 is 0 Å². The second-order valence-corrected chi connectivity index (χ2v) is 13.3. The molecule has 0 saturated heterocycles. The molecule has 4 heteroatoms. The minimum atomic E-state index is 0.234. The Labute approximate surface area is 294 Å². The number of para-hydroxylation sites is 3. The van der Waals surface area contributed by atoms with Gasteiger partial charge in [0.1, 0.15) is 6.07 Å². The Kier molecular flexibility index (Phi) is 8.00.